The molecule has 1 unspecified atom stereocenters. The van der Waals surface area contributed by atoms with Gasteiger partial charge < -0.3 is 14.6 Å². The van der Waals surface area contributed by atoms with Gasteiger partial charge in [0.2, 0.25) is 0 Å². The molecule has 0 radical (unpaired) electrons. The Morgan fingerprint density at radius 2 is 1.94 bits per heavy atom. The van der Waals surface area contributed by atoms with Crippen LogP contribution in [0.3, 0.4) is 0 Å². The average molecular weight is 445 g/mol. The van der Waals surface area contributed by atoms with Gasteiger partial charge in [0.05, 0.1) is 10.6 Å². The van der Waals surface area contributed by atoms with Crippen LogP contribution >= 0.6 is 11.6 Å². The quantitative estimate of drug-likeness (QED) is 0.507. The Kier molecular flexibility index (Phi) is 7.41. The van der Waals surface area contributed by atoms with Crippen molar-refractivity contribution in [3.8, 4) is 11.3 Å². The van der Waals surface area contributed by atoms with E-state index in [1.54, 1.807) is 0 Å². The van der Waals surface area contributed by atoms with E-state index < -0.39 is 24.3 Å². The Labute approximate surface area is 184 Å². The fourth-order valence-electron chi connectivity index (χ4n) is 3.13. The summed E-state index contributed by atoms with van der Waals surface area (Å²) in [5.74, 6) is -1.80. The van der Waals surface area contributed by atoms with Crippen LogP contribution in [0.4, 0.5) is 4.39 Å². The minimum atomic E-state index is -0.847. The highest BCUT2D eigenvalue weighted by Crippen LogP contribution is 2.33. The van der Waals surface area contributed by atoms with E-state index in [1.807, 2.05) is 37.3 Å². The minimum Gasteiger partial charge on any atom is -0.452 e. The van der Waals surface area contributed by atoms with Gasteiger partial charge in [-0.3, -0.25) is 4.79 Å². The van der Waals surface area contributed by atoms with Crippen molar-refractivity contribution in [2.24, 2.45) is 0 Å². The summed E-state index contributed by atoms with van der Waals surface area (Å²) in [6.45, 7) is 2.89. The third-order valence-electron chi connectivity index (χ3n) is 4.72. The fraction of sp³-hybridized carbons (Fsp3) is 0.261. The maximum atomic E-state index is 14.3. The van der Waals surface area contributed by atoms with Crippen LogP contribution in [0.2, 0.25) is 5.02 Å². The molecule has 2 aromatic carbocycles. The van der Waals surface area contributed by atoms with E-state index in [0.717, 1.165) is 12.8 Å². The number of aryl methyl sites for hydroxylation is 2. The first-order valence-electron chi connectivity index (χ1n) is 9.78. The summed E-state index contributed by atoms with van der Waals surface area (Å²) in [5.41, 5.74) is 0.975. The second-order valence-electron chi connectivity index (χ2n) is 7.13. The van der Waals surface area contributed by atoms with Crippen molar-refractivity contribution in [1.29, 1.82) is 0 Å². The lowest BCUT2D eigenvalue weighted by atomic mass is 10.1. The average Bonchev–Trinajstić information content (AvgIpc) is 3.12. The van der Waals surface area contributed by atoms with E-state index in [4.69, 9.17) is 20.9 Å². The van der Waals surface area contributed by atoms with Crippen LogP contribution in [-0.2, 0) is 16.0 Å². The molecule has 1 amide bonds. The van der Waals surface area contributed by atoms with Crippen molar-refractivity contribution in [2.45, 2.75) is 32.7 Å². The molecule has 0 fully saturated rings. The summed E-state index contributed by atoms with van der Waals surface area (Å²) in [4.78, 5) is 24.8. The molecule has 1 N–H and O–H groups in total. The molecule has 1 heterocycles. The summed E-state index contributed by atoms with van der Waals surface area (Å²) in [6.07, 6.45) is 1.55. The number of aromatic nitrogens is 1. The maximum Gasteiger partial charge on any atom is 0.344 e. The summed E-state index contributed by atoms with van der Waals surface area (Å²) in [6, 6.07) is 13.9. The van der Waals surface area contributed by atoms with E-state index in [9.17, 15) is 14.0 Å². The van der Waals surface area contributed by atoms with Crippen molar-refractivity contribution in [3.63, 3.8) is 0 Å². The van der Waals surface area contributed by atoms with E-state index in [0.29, 0.717) is 0 Å². The lowest BCUT2D eigenvalue weighted by molar-refractivity contribution is -0.124. The number of amides is 1. The highest BCUT2D eigenvalue weighted by Gasteiger charge is 2.27. The number of benzene rings is 2. The second kappa shape index (κ2) is 10.2. The van der Waals surface area contributed by atoms with Crippen LogP contribution < -0.4 is 5.32 Å². The van der Waals surface area contributed by atoms with E-state index in [1.165, 1.54) is 30.7 Å². The fourth-order valence-corrected chi connectivity index (χ4v) is 3.38. The van der Waals surface area contributed by atoms with Crippen molar-refractivity contribution >= 4 is 23.5 Å². The molecule has 0 aliphatic heterocycles. The zero-order valence-electron chi connectivity index (χ0n) is 17.2. The zero-order chi connectivity index (χ0) is 22.4. The Morgan fingerprint density at radius 3 is 2.65 bits per heavy atom. The Balaban J connectivity index is 1.59. The Morgan fingerprint density at radius 1 is 1.19 bits per heavy atom. The topological polar surface area (TPSA) is 81.4 Å². The molecule has 1 atom stereocenters. The monoisotopic (exact) mass is 444 g/mol. The third-order valence-corrected chi connectivity index (χ3v) is 5.03. The standard InChI is InChI=1S/C23H22ClFN2O4/c1-14(11-12-16-7-4-3-5-8-16)26-19(28)13-30-23(29)20-15(2)31-27-22(20)21-17(24)9-6-10-18(21)25/h3-10,14H,11-13H2,1-2H3,(H,26,28). The van der Waals surface area contributed by atoms with Gasteiger partial charge in [-0.2, -0.15) is 0 Å². The molecular weight excluding hydrogens is 423 g/mol. The number of nitrogens with one attached hydrogen (secondary N) is 1. The van der Waals surface area contributed by atoms with Gasteiger partial charge in [-0.05, 0) is 44.4 Å². The predicted molar refractivity (Wildman–Crippen MR) is 114 cm³/mol. The lowest BCUT2D eigenvalue weighted by Crippen LogP contribution is -2.36. The van der Waals surface area contributed by atoms with Gasteiger partial charge in [-0.15, -0.1) is 0 Å². The van der Waals surface area contributed by atoms with E-state index in [2.05, 4.69) is 10.5 Å². The molecule has 6 nitrogen and oxygen atoms in total. The van der Waals surface area contributed by atoms with Crippen LogP contribution in [0.5, 0.6) is 0 Å². The van der Waals surface area contributed by atoms with Crippen LogP contribution in [0.1, 0.15) is 35.0 Å². The van der Waals surface area contributed by atoms with Gasteiger partial charge in [0, 0.05) is 6.04 Å². The third kappa shape index (κ3) is 5.70. The SMILES string of the molecule is Cc1onc(-c2c(F)cccc2Cl)c1C(=O)OCC(=O)NC(C)CCc1ccccc1. The lowest BCUT2D eigenvalue weighted by Gasteiger charge is -2.14. The number of nitrogens with zero attached hydrogens (tertiary/aromatic N) is 1. The molecule has 31 heavy (non-hydrogen) atoms. The molecule has 0 bridgehead atoms. The molecule has 0 aliphatic rings. The number of hydrogen-bond donors (Lipinski definition) is 1. The van der Waals surface area contributed by atoms with Crippen LogP contribution in [0.15, 0.2) is 53.1 Å². The molecule has 1 aromatic heterocycles. The summed E-state index contributed by atoms with van der Waals surface area (Å²) in [7, 11) is 0. The first-order chi connectivity index (χ1) is 14.9. The molecule has 162 valence electrons. The molecule has 0 spiro atoms. The van der Waals surface area contributed by atoms with Gasteiger partial charge in [0.1, 0.15) is 22.8 Å². The summed E-state index contributed by atoms with van der Waals surface area (Å²) < 4.78 is 24.4. The highest BCUT2D eigenvalue weighted by atomic mass is 35.5. The normalized spacial score (nSPS) is 11.7. The number of hydrogen-bond acceptors (Lipinski definition) is 5. The molecule has 3 aromatic rings. The smallest absolute Gasteiger partial charge is 0.344 e. The van der Waals surface area contributed by atoms with Gasteiger partial charge in [0.25, 0.3) is 5.91 Å². The number of esters is 1. The first kappa shape index (κ1) is 22.5. The maximum absolute atomic E-state index is 14.3. The second-order valence-corrected chi connectivity index (χ2v) is 7.54. The van der Waals surface area contributed by atoms with Crippen molar-refractivity contribution in [3.05, 3.63) is 76.3 Å². The van der Waals surface area contributed by atoms with E-state index >= 15 is 0 Å². The number of halogens is 2. The van der Waals surface area contributed by atoms with Gasteiger partial charge in [0.15, 0.2) is 6.61 Å². The highest BCUT2D eigenvalue weighted by molar-refractivity contribution is 6.33. The Bertz CT molecular complexity index is 1050. The molecule has 0 aliphatic carbocycles. The van der Waals surface area contributed by atoms with E-state index in [-0.39, 0.29) is 33.6 Å². The van der Waals surface area contributed by atoms with Crippen LogP contribution in [-0.4, -0.2) is 29.7 Å². The molecule has 0 saturated heterocycles. The molecule has 3 rings (SSSR count). The van der Waals surface area contributed by atoms with Crippen molar-refractivity contribution in [1.82, 2.24) is 10.5 Å². The number of carbonyl (C=O) groups excluding carboxylic acids is 2. The minimum absolute atomic E-state index is 0.0630. The number of rotatable bonds is 8. The van der Waals surface area contributed by atoms with Gasteiger partial charge in [-0.1, -0.05) is 53.2 Å². The molecule has 0 saturated carbocycles. The Hall–Kier alpha value is -3.19. The van der Waals surface area contributed by atoms with Crippen molar-refractivity contribution < 1.29 is 23.2 Å². The summed E-state index contributed by atoms with van der Waals surface area (Å²) >= 11 is 6.07. The largest absolute Gasteiger partial charge is 0.452 e. The first-order valence-corrected chi connectivity index (χ1v) is 10.2. The zero-order valence-corrected chi connectivity index (χ0v) is 17.9. The van der Waals surface area contributed by atoms with Gasteiger partial charge in [-0.25, -0.2) is 9.18 Å². The van der Waals surface area contributed by atoms with Crippen LogP contribution in [0.25, 0.3) is 11.3 Å². The van der Waals surface area contributed by atoms with Gasteiger partial charge >= 0.3 is 5.97 Å². The number of carbonyl (C=O) groups is 2. The predicted octanol–water partition coefficient (Wildman–Crippen LogP) is 4.74. The number of ether oxygens (including phenoxy) is 1. The summed E-state index contributed by atoms with van der Waals surface area (Å²) in [5, 5.41) is 6.63. The molecular formula is C23H22ClFN2O4. The van der Waals surface area contributed by atoms with Crippen molar-refractivity contribution in [2.75, 3.05) is 6.61 Å². The van der Waals surface area contributed by atoms with Crippen LogP contribution in [0, 0.1) is 12.7 Å². The molecule has 8 heteroatoms.